The van der Waals surface area contributed by atoms with Gasteiger partial charge in [-0.3, -0.25) is 4.79 Å². The maximum atomic E-state index is 13.0. The zero-order valence-electron chi connectivity index (χ0n) is 16.6. The van der Waals surface area contributed by atoms with Crippen LogP contribution < -0.4 is 5.32 Å². The number of hydrogen-bond acceptors (Lipinski definition) is 4. The van der Waals surface area contributed by atoms with Crippen molar-refractivity contribution in [3.63, 3.8) is 0 Å². The number of nitrogens with one attached hydrogen (secondary N) is 1. The highest BCUT2D eigenvalue weighted by Gasteiger charge is 2.17. The number of anilines is 1. The molecule has 0 aliphatic carbocycles. The number of rotatable bonds is 7. The van der Waals surface area contributed by atoms with Gasteiger partial charge in [0, 0.05) is 25.7 Å². The summed E-state index contributed by atoms with van der Waals surface area (Å²) in [5.74, 6) is 1.15. The van der Waals surface area contributed by atoms with Gasteiger partial charge in [-0.25, -0.2) is 9.97 Å². The third-order valence-electron chi connectivity index (χ3n) is 4.54. The predicted octanol–water partition coefficient (Wildman–Crippen LogP) is 4.37. The van der Waals surface area contributed by atoms with Gasteiger partial charge in [-0.05, 0) is 31.9 Å². The van der Waals surface area contributed by atoms with E-state index in [1.807, 2.05) is 37.3 Å². The van der Waals surface area contributed by atoms with E-state index in [0.717, 1.165) is 11.1 Å². The van der Waals surface area contributed by atoms with Crippen LogP contribution in [0.25, 0.3) is 0 Å². The first-order chi connectivity index (χ1) is 13.5. The van der Waals surface area contributed by atoms with Gasteiger partial charge in [-0.2, -0.15) is 0 Å². The Hall–Kier alpha value is -3.21. The molecule has 0 atom stereocenters. The SMILES string of the molecule is CCN(Cc1ccccc1)C(=O)c1cc(NCc2ccc(C)cc2)nc(C)n1. The van der Waals surface area contributed by atoms with Crippen LogP contribution in [0.2, 0.25) is 0 Å². The summed E-state index contributed by atoms with van der Waals surface area (Å²) in [6.07, 6.45) is 0. The number of carbonyl (C=O) groups excluding carboxylic acids is 1. The minimum absolute atomic E-state index is 0.0877. The fourth-order valence-corrected chi connectivity index (χ4v) is 2.96. The van der Waals surface area contributed by atoms with Crippen LogP contribution in [-0.2, 0) is 13.1 Å². The average Bonchev–Trinajstić information content (AvgIpc) is 2.71. The van der Waals surface area contributed by atoms with Crippen LogP contribution in [0.5, 0.6) is 0 Å². The van der Waals surface area contributed by atoms with Crippen LogP contribution in [0.4, 0.5) is 5.82 Å². The molecule has 0 aliphatic heterocycles. The molecule has 1 N–H and O–H groups in total. The molecule has 5 nitrogen and oxygen atoms in total. The number of carbonyl (C=O) groups is 1. The summed E-state index contributed by atoms with van der Waals surface area (Å²) in [5, 5.41) is 3.30. The van der Waals surface area contributed by atoms with Gasteiger partial charge in [0.2, 0.25) is 0 Å². The van der Waals surface area contributed by atoms with E-state index in [2.05, 4.69) is 46.5 Å². The number of amides is 1. The maximum absolute atomic E-state index is 13.0. The van der Waals surface area contributed by atoms with Crippen LogP contribution in [0, 0.1) is 13.8 Å². The molecule has 1 amide bonds. The summed E-state index contributed by atoms with van der Waals surface area (Å²) >= 11 is 0. The average molecular weight is 374 g/mol. The Kier molecular flexibility index (Phi) is 6.37. The monoisotopic (exact) mass is 374 g/mol. The highest BCUT2D eigenvalue weighted by atomic mass is 16.2. The number of aryl methyl sites for hydroxylation is 2. The van der Waals surface area contributed by atoms with Crippen LogP contribution >= 0.6 is 0 Å². The van der Waals surface area contributed by atoms with Gasteiger partial charge in [0.05, 0.1) is 0 Å². The van der Waals surface area contributed by atoms with Crippen molar-refractivity contribution in [3.05, 3.63) is 88.9 Å². The van der Waals surface area contributed by atoms with Crippen molar-refractivity contribution in [2.75, 3.05) is 11.9 Å². The molecule has 2 aromatic carbocycles. The molecule has 0 aliphatic rings. The molecule has 144 valence electrons. The molecule has 0 saturated heterocycles. The molecule has 0 unspecified atom stereocenters. The molecule has 0 saturated carbocycles. The summed E-state index contributed by atoms with van der Waals surface area (Å²) in [7, 11) is 0. The van der Waals surface area contributed by atoms with E-state index >= 15 is 0 Å². The van der Waals surface area contributed by atoms with Gasteiger partial charge >= 0.3 is 0 Å². The number of hydrogen-bond donors (Lipinski definition) is 1. The molecule has 0 radical (unpaired) electrons. The van der Waals surface area contributed by atoms with Crippen LogP contribution in [0.1, 0.15) is 39.9 Å². The van der Waals surface area contributed by atoms with Crippen LogP contribution in [0.15, 0.2) is 60.7 Å². The lowest BCUT2D eigenvalue weighted by atomic mass is 10.1. The summed E-state index contributed by atoms with van der Waals surface area (Å²) in [6.45, 7) is 7.67. The lowest BCUT2D eigenvalue weighted by Crippen LogP contribution is -2.31. The lowest BCUT2D eigenvalue weighted by Gasteiger charge is -2.21. The predicted molar refractivity (Wildman–Crippen MR) is 112 cm³/mol. The minimum atomic E-state index is -0.0877. The lowest BCUT2D eigenvalue weighted by molar-refractivity contribution is 0.0746. The van der Waals surface area contributed by atoms with E-state index in [4.69, 9.17) is 0 Å². The molecule has 0 fully saturated rings. The zero-order valence-corrected chi connectivity index (χ0v) is 16.6. The Labute approximate surface area is 166 Å². The van der Waals surface area contributed by atoms with Gasteiger partial charge in [0.25, 0.3) is 5.91 Å². The molecular formula is C23H26N4O. The second kappa shape index (κ2) is 9.13. The molecule has 28 heavy (non-hydrogen) atoms. The summed E-state index contributed by atoms with van der Waals surface area (Å²) in [6, 6.07) is 20.1. The smallest absolute Gasteiger partial charge is 0.272 e. The summed E-state index contributed by atoms with van der Waals surface area (Å²) < 4.78 is 0. The topological polar surface area (TPSA) is 58.1 Å². The van der Waals surface area contributed by atoms with E-state index < -0.39 is 0 Å². The summed E-state index contributed by atoms with van der Waals surface area (Å²) in [4.78, 5) is 23.6. The van der Waals surface area contributed by atoms with E-state index in [9.17, 15) is 4.79 Å². The Morgan fingerprint density at radius 3 is 2.36 bits per heavy atom. The minimum Gasteiger partial charge on any atom is -0.366 e. The van der Waals surface area contributed by atoms with Gasteiger partial charge in [0.15, 0.2) is 0 Å². The van der Waals surface area contributed by atoms with Crippen LogP contribution in [0.3, 0.4) is 0 Å². The molecule has 0 bridgehead atoms. The van der Waals surface area contributed by atoms with Crippen molar-refractivity contribution in [1.82, 2.24) is 14.9 Å². The number of aromatic nitrogens is 2. The standard InChI is InChI=1S/C23H26N4O/c1-4-27(16-20-8-6-5-7-9-20)23(28)21-14-22(26-18(3)25-21)24-15-19-12-10-17(2)11-13-19/h5-14H,4,15-16H2,1-3H3,(H,24,25,26). The fourth-order valence-electron chi connectivity index (χ4n) is 2.96. The molecular weight excluding hydrogens is 348 g/mol. The molecule has 5 heteroatoms. The molecule has 1 aromatic heterocycles. The van der Waals surface area contributed by atoms with Crippen molar-refractivity contribution in [3.8, 4) is 0 Å². The largest absolute Gasteiger partial charge is 0.366 e. The van der Waals surface area contributed by atoms with Crippen molar-refractivity contribution in [2.45, 2.75) is 33.9 Å². The number of nitrogens with zero attached hydrogens (tertiary/aromatic N) is 3. The first-order valence-electron chi connectivity index (χ1n) is 9.53. The van der Waals surface area contributed by atoms with E-state index in [1.54, 1.807) is 17.9 Å². The van der Waals surface area contributed by atoms with Crippen molar-refractivity contribution >= 4 is 11.7 Å². The first-order valence-corrected chi connectivity index (χ1v) is 9.53. The first kappa shape index (κ1) is 19.5. The highest BCUT2D eigenvalue weighted by Crippen LogP contribution is 2.13. The normalized spacial score (nSPS) is 10.5. The van der Waals surface area contributed by atoms with Gasteiger partial charge in [-0.15, -0.1) is 0 Å². The van der Waals surface area contributed by atoms with Crippen molar-refractivity contribution < 1.29 is 4.79 Å². The highest BCUT2D eigenvalue weighted by molar-refractivity contribution is 5.93. The Morgan fingerprint density at radius 1 is 0.964 bits per heavy atom. The fraction of sp³-hybridized carbons (Fsp3) is 0.261. The van der Waals surface area contributed by atoms with E-state index in [0.29, 0.717) is 37.0 Å². The maximum Gasteiger partial charge on any atom is 0.272 e. The van der Waals surface area contributed by atoms with Crippen LogP contribution in [-0.4, -0.2) is 27.3 Å². The molecule has 0 spiro atoms. The van der Waals surface area contributed by atoms with E-state index in [-0.39, 0.29) is 5.91 Å². The quantitative estimate of drug-likeness (QED) is 0.667. The van der Waals surface area contributed by atoms with E-state index in [1.165, 1.54) is 5.56 Å². The third-order valence-corrected chi connectivity index (χ3v) is 4.54. The second-order valence-corrected chi connectivity index (χ2v) is 6.83. The molecule has 3 rings (SSSR count). The summed E-state index contributed by atoms with van der Waals surface area (Å²) in [5.41, 5.74) is 3.90. The second-order valence-electron chi connectivity index (χ2n) is 6.83. The van der Waals surface area contributed by atoms with Crippen molar-refractivity contribution in [2.24, 2.45) is 0 Å². The van der Waals surface area contributed by atoms with Crippen molar-refractivity contribution in [1.29, 1.82) is 0 Å². The Morgan fingerprint density at radius 2 is 1.68 bits per heavy atom. The zero-order chi connectivity index (χ0) is 19.9. The molecule has 1 heterocycles. The van der Waals surface area contributed by atoms with Gasteiger partial charge in [0.1, 0.15) is 17.3 Å². The van der Waals surface area contributed by atoms with Gasteiger partial charge < -0.3 is 10.2 Å². The number of benzene rings is 2. The third kappa shape index (κ3) is 5.16. The Bertz CT molecular complexity index is 923. The van der Waals surface area contributed by atoms with Gasteiger partial charge in [-0.1, -0.05) is 60.2 Å². The Balaban J connectivity index is 1.73. The molecule has 3 aromatic rings.